The molecule has 1 atom stereocenters. The third kappa shape index (κ3) is 2.55. The molecular weight excluding hydrogens is 334 g/mol. The molecule has 24 heavy (non-hydrogen) atoms. The molecule has 1 aliphatic heterocycles. The quantitative estimate of drug-likeness (QED) is 0.715. The number of hydrogen-bond donors (Lipinski definition) is 2. The van der Waals surface area contributed by atoms with Crippen LogP contribution < -0.4 is 5.69 Å². The number of thiazole rings is 1. The number of hydrogen-bond acceptors (Lipinski definition) is 7. The number of aromatic amines is 1. The molecule has 0 saturated heterocycles. The molecule has 0 amide bonds. The van der Waals surface area contributed by atoms with Crippen LogP contribution in [0.1, 0.15) is 10.7 Å². The molecule has 3 aromatic rings. The highest BCUT2D eigenvalue weighted by molar-refractivity contribution is 7.14. The maximum Gasteiger partial charge on any atom is 0.343 e. The molecule has 0 radical (unpaired) electrons. The van der Waals surface area contributed by atoms with Gasteiger partial charge in [-0.1, -0.05) is 0 Å². The number of carboxylic acid groups (broad SMARTS) is 1. The van der Waals surface area contributed by atoms with Crippen LogP contribution in [0.15, 0.2) is 33.8 Å². The Bertz CT molecular complexity index is 925. The minimum atomic E-state index is -0.968. The zero-order valence-electron chi connectivity index (χ0n) is 12.4. The van der Waals surface area contributed by atoms with Gasteiger partial charge in [0.2, 0.25) is 0 Å². The topological polar surface area (TPSA) is 117 Å². The molecule has 0 aromatic carbocycles. The number of aliphatic carboxylic acids is 1. The second-order valence-electron chi connectivity index (χ2n) is 5.42. The standard InChI is InChI=1S/C14H13N5O4S/c20-13(21)9-6-19-11(16-17-14(19)22)7-18(9)5-8-4-15-12(24-8)10-2-1-3-23-10/h1-4,9H,5-7H2,(H,17,22)(H,20,21). The number of nitrogens with one attached hydrogen (secondary N) is 1. The molecule has 0 aliphatic carbocycles. The predicted molar refractivity (Wildman–Crippen MR) is 83.3 cm³/mol. The van der Waals surface area contributed by atoms with E-state index >= 15 is 0 Å². The monoisotopic (exact) mass is 347 g/mol. The number of rotatable bonds is 4. The summed E-state index contributed by atoms with van der Waals surface area (Å²) in [6.45, 7) is 0.768. The van der Waals surface area contributed by atoms with Crippen LogP contribution in [0.3, 0.4) is 0 Å². The van der Waals surface area contributed by atoms with Crippen LogP contribution in [0.25, 0.3) is 10.8 Å². The molecule has 0 fully saturated rings. The molecule has 1 aliphatic rings. The summed E-state index contributed by atoms with van der Waals surface area (Å²) in [5.41, 5.74) is -0.381. The number of aromatic nitrogens is 4. The third-order valence-electron chi connectivity index (χ3n) is 3.91. The van der Waals surface area contributed by atoms with E-state index in [0.717, 1.165) is 9.88 Å². The number of nitrogens with zero attached hydrogens (tertiary/aromatic N) is 4. The summed E-state index contributed by atoms with van der Waals surface area (Å²) in [6.07, 6.45) is 3.30. The van der Waals surface area contributed by atoms with Gasteiger partial charge in [-0.15, -0.1) is 11.3 Å². The lowest BCUT2D eigenvalue weighted by Gasteiger charge is -2.32. The summed E-state index contributed by atoms with van der Waals surface area (Å²) in [5, 5.41) is 16.5. The summed E-state index contributed by atoms with van der Waals surface area (Å²) in [5.74, 6) is 0.249. The van der Waals surface area contributed by atoms with Crippen LogP contribution in [0.5, 0.6) is 0 Å². The van der Waals surface area contributed by atoms with E-state index in [2.05, 4.69) is 15.2 Å². The first-order chi connectivity index (χ1) is 11.6. The van der Waals surface area contributed by atoms with Gasteiger partial charge in [-0.3, -0.25) is 14.3 Å². The van der Waals surface area contributed by atoms with Crippen molar-refractivity contribution in [1.82, 2.24) is 24.6 Å². The van der Waals surface area contributed by atoms with Crippen molar-refractivity contribution >= 4 is 17.3 Å². The average Bonchev–Trinajstić information content (AvgIpc) is 3.28. The Morgan fingerprint density at radius 2 is 2.42 bits per heavy atom. The smallest absolute Gasteiger partial charge is 0.343 e. The first-order valence-corrected chi connectivity index (χ1v) is 8.03. The fourth-order valence-electron chi connectivity index (χ4n) is 2.73. The first kappa shape index (κ1) is 14.8. The van der Waals surface area contributed by atoms with E-state index in [0.29, 0.717) is 18.1 Å². The summed E-state index contributed by atoms with van der Waals surface area (Å²) in [7, 11) is 0. The molecule has 4 rings (SSSR count). The van der Waals surface area contributed by atoms with Gasteiger partial charge in [0.15, 0.2) is 10.8 Å². The highest BCUT2D eigenvalue weighted by Gasteiger charge is 2.33. The van der Waals surface area contributed by atoms with Crippen LogP contribution in [0.2, 0.25) is 0 Å². The van der Waals surface area contributed by atoms with Gasteiger partial charge in [0, 0.05) is 17.6 Å². The maximum atomic E-state index is 11.6. The Kier molecular flexibility index (Phi) is 3.54. The molecule has 1 unspecified atom stereocenters. The number of H-pyrrole nitrogens is 1. The number of fused-ring (bicyclic) bond motifs is 1. The van der Waals surface area contributed by atoms with Crippen molar-refractivity contribution in [3.8, 4) is 10.8 Å². The van der Waals surface area contributed by atoms with Crippen molar-refractivity contribution in [3.05, 3.63) is 45.8 Å². The second kappa shape index (κ2) is 5.73. The second-order valence-corrected chi connectivity index (χ2v) is 6.54. The summed E-state index contributed by atoms with van der Waals surface area (Å²) < 4.78 is 6.69. The minimum Gasteiger partial charge on any atom is -0.480 e. The number of furan rings is 1. The van der Waals surface area contributed by atoms with Crippen molar-refractivity contribution in [2.45, 2.75) is 25.7 Å². The fourth-order valence-corrected chi connectivity index (χ4v) is 3.64. The highest BCUT2D eigenvalue weighted by Crippen LogP contribution is 2.27. The largest absolute Gasteiger partial charge is 0.480 e. The summed E-state index contributed by atoms with van der Waals surface area (Å²) >= 11 is 1.45. The Hall–Kier alpha value is -2.72. The van der Waals surface area contributed by atoms with Crippen LogP contribution in [0, 0.1) is 0 Å². The normalized spacial score (nSPS) is 17.8. The molecule has 0 bridgehead atoms. The summed E-state index contributed by atoms with van der Waals surface area (Å²) in [6, 6.07) is 2.83. The van der Waals surface area contributed by atoms with Gasteiger partial charge in [0.25, 0.3) is 0 Å². The molecule has 124 valence electrons. The fraction of sp³-hybridized carbons (Fsp3) is 0.286. The molecule has 3 aromatic heterocycles. The van der Waals surface area contributed by atoms with Crippen molar-refractivity contribution in [3.63, 3.8) is 0 Å². The predicted octanol–water partition coefficient (Wildman–Crippen LogP) is 0.757. The van der Waals surface area contributed by atoms with Crippen molar-refractivity contribution < 1.29 is 14.3 Å². The minimum absolute atomic E-state index is 0.0733. The van der Waals surface area contributed by atoms with Gasteiger partial charge < -0.3 is 9.52 Å². The molecule has 2 N–H and O–H groups in total. The average molecular weight is 347 g/mol. The van der Waals surface area contributed by atoms with Crippen LogP contribution in [-0.4, -0.2) is 41.8 Å². The Morgan fingerprint density at radius 3 is 3.17 bits per heavy atom. The molecular formula is C14H13N5O4S. The third-order valence-corrected chi connectivity index (χ3v) is 4.90. The van der Waals surface area contributed by atoms with Crippen LogP contribution >= 0.6 is 11.3 Å². The molecule has 9 nitrogen and oxygen atoms in total. The Labute approximate surface area is 139 Å². The van der Waals surface area contributed by atoms with Gasteiger partial charge >= 0.3 is 11.7 Å². The van der Waals surface area contributed by atoms with Crippen molar-refractivity contribution in [2.24, 2.45) is 0 Å². The molecule has 0 saturated carbocycles. The van der Waals surface area contributed by atoms with E-state index in [9.17, 15) is 14.7 Å². The van der Waals surface area contributed by atoms with E-state index in [1.165, 1.54) is 15.9 Å². The number of carboxylic acids is 1. The van der Waals surface area contributed by atoms with E-state index in [-0.39, 0.29) is 18.8 Å². The van der Waals surface area contributed by atoms with E-state index in [4.69, 9.17) is 4.42 Å². The SMILES string of the molecule is O=C(O)C1Cn2c(n[nH]c2=O)CN1Cc1cnc(-c2ccco2)s1. The lowest BCUT2D eigenvalue weighted by Crippen LogP contribution is -2.48. The van der Waals surface area contributed by atoms with E-state index in [1.54, 1.807) is 23.4 Å². The Balaban J connectivity index is 1.59. The van der Waals surface area contributed by atoms with Crippen molar-refractivity contribution in [1.29, 1.82) is 0 Å². The van der Waals surface area contributed by atoms with Gasteiger partial charge in [-0.05, 0) is 12.1 Å². The molecule has 4 heterocycles. The van der Waals surface area contributed by atoms with Gasteiger partial charge in [-0.25, -0.2) is 14.9 Å². The highest BCUT2D eigenvalue weighted by atomic mass is 32.1. The van der Waals surface area contributed by atoms with E-state index < -0.39 is 12.0 Å². The van der Waals surface area contributed by atoms with Gasteiger partial charge in [-0.2, -0.15) is 5.10 Å². The molecule has 10 heteroatoms. The van der Waals surface area contributed by atoms with Gasteiger partial charge in [0.1, 0.15) is 11.9 Å². The van der Waals surface area contributed by atoms with E-state index in [1.807, 2.05) is 6.07 Å². The number of carbonyl (C=O) groups is 1. The van der Waals surface area contributed by atoms with Crippen molar-refractivity contribution in [2.75, 3.05) is 0 Å². The first-order valence-electron chi connectivity index (χ1n) is 7.21. The zero-order chi connectivity index (χ0) is 16.7. The Morgan fingerprint density at radius 1 is 1.54 bits per heavy atom. The maximum absolute atomic E-state index is 11.6. The zero-order valence-corrected chi connectivity index (χ0v) is 13.2. The lowest BCUT2D eigenvalue weighted by atomic mass is 10.2. The van der Waals surface area contributed by atoms with Crippen LogP contribution in [-0.2, 0) is 24.4 Å². The van der Waals surface area contributed by atoms with Crippen LogP contribution in [0.4, 0.5) is 0 Å². The van der Waals surface area contributed by atoms with Gasteiger partial charge in [0.05, 0.1) is 19.4 Å². The lowest BCUT2D eigenvalue weighted by molar-refractivity contribution is -0.145. The molecule has 0 spiro atoms. The summed E-state index contributed by atoms with van der Waals surface area (Å²) in [4.78, 5) is 30.2.